The molecule has 8 heteroatoms. The summed E-state index contributed by atoms with van der Waals surface area (Å²) in [5, 5.41) is 7.77. The van der Waals surface area contributed by atoms with Crippen LogP contribution in [0.2, 0.25) is 0 Å². The second kappa shape index (κ2) is 6.72. The highest BCUT2D eigenvalue weighted by molar-refractivity contribution is 5.76. The summed E-state index contributed by atoms with van der Waals surface area (Å²) in [4.78, 5) is 13.5. The van der Waals surface area contributed by atoms with E-state index in [0.717, 1.165) is 34.9 Å². The molecule has 0 amide bonds. The summed E-state index contributed by atoms with van der Waals surface area (Å²) >= 11 is 0. The smallest absolute Gasteiger partial charge is 0.254 e. The van der Waals surface area contributed by atoms with Gasteiger partial charge in [-0.1, -0.05) is 12.1 Å². The lowest BCUT2D eigenvalue weighted by Crippen LogP contribution is -2.16. The Balaban J connectivity index is 1.73. The molecule has 0 saturated carbocycles. The molecule has 0 aliphatic rings. The molecule has 0 fully saturated rings. The van der Waals surface area contributed by atoms with Gasteiger partial charge in [-0.25, -0.2) is 9.97 Å². The van der Waals surface area contributed by atoms with Crippen LogP contribution in [-0.4, -0.2) is 36.2 Å². The largest absolute Gasteiger partial charge is 0.378 e. The van der Waals surface area contributed by atoms with Crippen LogP contribution in [0, 0.1) is 0 Å². The van der Waals surface area contributed by atoms with Crippen molar-refractivity contribution in [2.75, 3.05) is 12.4 Å². The normalized spacial score (nSPS) is 12.7. The third kappa shape index (κ3) is 2.78. The summed E-state index contributed by atoms with van der Waals surface area (Å²) < 4.78 is 9.12. The van der Waals surface area contributed by atoms with Crippen LogP contribution in [0.3, 0.4) is 0 Å². The first-order chi connectivity index (χ1) is 12.7. The van der Waals surface area contributed by atoms with Crippen LogP contribution in [-0.2, 0) is 17.9 Å². The molecule has 26 heavy (non-hydrogen) atoms. The number of fused-ring (bicyclic) bond motifs is 2. The first-order valence-corrected chi connectivity index (χ1v) is 8.61. The lowest BCUT2D eigenvalue weighted by Gasteiger charge is -2.17. The lowest BCUT2D eigenvalue weighted by atomic mass is 10.3. The van der Waals surface area contributed by atoms with Gasteiger partial charge >= 0.3 is 0 Å². The van der Waals surface area contributed by atoms with E-state index >= 15 is 0 Å². The highest BCUT2D eigenvalue weighted by atomic mass is 16.5. The predicted octanol–water partition coefficient (Wildman–Crippen LogP) is 2.81. The molecule has 134 valence electrons. The van der Waals surface area contributed by atoms with Gasteiger partial charge in [0, 0.05) is 19.7 Å². The van der Waals surface area contributed by atoms with E-state index in [1.807, 2.05) is 24.3 Å². The number of hydrogen-bond acceptors (Lipinski definition) is 6. The fourth-order valence-electron chi connectivity index (χ4n) is 3.23. The molecule has 1 N–H and O–H groups in total. The summed E-state index contributed by atoms with van der Waals surface area (Å²) in [6, 6.07) is 10.1. The summed E-state index contributed by atoms with van der Waals surface area (Å²) in [5.74, 6) is 2.33. The Hall–Kier alpha value is -3.00. The van der Waals surface area contributed by atoms with Gasteiger partial charge < -0.3 is 14.6 Å². The maximum Gasteiger partial charge on any atom is 0.254 e. The number of para-hydroxylation sites is 2. The molecule has 1 aromatic carbocycles. The van der Waals surface area contributed by atoms with E-state index in [2.05, 4.69) is 44.9 Å². The van der Waals surface area contributed by atoms with Crippen molar-refractivity contribution in [1.29, 1.82) is 0 Å². The molecule has 0 saturated heterocycles. The third-order valence-electron chi connectivity index (χ3n) is 4.35. The van der Waals surface area contributed by atoms with E-state index in [4.69, 9.17) is 9.72 Å². The van der Waals surface area contributed by atoms with Gasteiger partial charge in [0.15, 0.2) is 0 Å². The molecule has 4 aromatic rings. The van der Waals surface area contributed by atoms with Crippen molar-refractivity contribution in [3.63, 3.8) is 0 Å². The number of rotatable bonds is 6. The molecule has 1 atom stereocenters. The van der Waals surface area contributed by atoms with Crippen LogP contribution in [0.1, 0.15) is 31.4 Å². The molecule has 3 aromatic heterocycles. The number of aryl methyl sites for hydroxylation is 1. The van der Waals surface area contributed by atoms with Gasteiger partial charge in [0.1, 0.15) is 18.0 Å². The number of hydrogen-bond donors (Lipinski definition) is 1. The predicted molar refractivity (Wildman–Crippen MR) is 98.9 cm³/mol. The first-order valence-electron chi connectivity index (χ1n) is 8.61. The Kier molecular flexibility index (Phi) is 4.26. The number of aromatic nitrogens is 6. The Bertz CT molecular complexity index is 1050. The molecule has 4 rings (SSSR count). The monoisotopic (exact) mass is 351 g/mol. The maximum absolute atomic E-state index is 5.21. The Morgan fingerprint density at radius 2 is 2.08 bits per heavy atom. The molecule has 0 aliphatic heterocycles. The van der Waals surface area contributed by atoms with Crippen molar-refractivity contribution >= 4 is 22.6 Å². The van der Waals surface area contributed by atoms with Crippen molar-refractivity contribution < 1.29 is 4.74 Å². The number of imidazole rings is 1. The van der Waals surface area contributed by atoms with Gasteiger partial charge in [0.25, 0.3) is 5.78 Å². The highest BCUT2D eigenvalue weighted by Gasteiger charge is 2.17. The van der Waals surface area contributed by atoms with Gasteiger partial charge in [-0.15, -0.1) is 0 Å². The third-order valence-corrected chi connectivity index (χ3v) is 4.35. The summed E-state index contributed by atoms with van der Waals surface area (Å²) in [6.45, 7) is 5.49. The van der Waals surface area contributed by atoms with Crippen LogP contribution in [0.4, 0.5) is 5.82 Å². The van der Waals surface area contributed by atoms with Crippen molar-refractivity contribution in [1.82, 2.24) is 29.1 Å². The topological polar surface area (TPSA) is 82.2 Å². The van der Waals surface area contributed by atoms with E-state index in [0.29, 0.717) is 12.4 Å². The molecule has 0 spiro atoms. The minimum atomic E-state index is -0.0208. The molecule has 8 nitrogen and oxygen atoms in total. The first kappa shape index (κ1) is 16.5. The minimum Gasteiger partial charge on any atom is -0.378 e. The number of nitrogens with zero attached hydrogens (tertiary/aromatic N) is 6. The quantitative estimate of drug-likeness (QED) is 0.575. The zero-order chi connectivity index (χ0) is 18.1. The van der Waals surface area contributed by atoms with E-state index in [9.17, 15) is 0 Å². The average Bonchev–Trinajstić information content (AvgIpc) is 3.26. The molecular weight excluding hydrogens is 330 g/mol. The number of methoxy groups -OCH3 is 1. The van der Waals surface area contributed by atoms with E-state index in [1.165, 1.54) is 6.33 Å². The van der Waals surface area contributed by atoms with Crippen LogP contribution in [0.15, 0.2) is 36.7 Å². The van der Waals surface area contributed by atoms with Gasteiger partial charge in [-0.05, 0) is 26.0 Å². The fraction of sp³-hybridized carbons (Fsp3) is 0.333. The van der Waals surface area contributed by atoms with Crippen LogP contribution in [0.25, 0.3) is 16.8 Å². The lowest BCUT2D eigenvalue weighted by molar-refractivity contribution is 0.181. The van der Waals surface area contributed by atoms with Gasteiger partial charge in [-0.2, -0.15) is 14.6 Å². The standard InChI is InChI=1S/C18H21N7O/c1-4-24-15-8-6-5-7-14(15)23-17(24)12(2)21-16-9-13(10-26-3)22-18-19-11-20-25(16)18/h5-9,11-12,21H,4,10H2,1-3H3/t12-/m1/s1. The van der Waals surface area contributed by atoms with E-state index in [1.54, 1.807) is 11.6 Å². The Morgan fingerprint density at radius 1 is 1.23 bits per heavy atom. The zero-order valence-corrected chi connectivity index (χ0v) is 15.0. The summed E-state index contributed by atoms with van der Waals surface area (Å²) in [7, 11) is 1.65. The van der Waals surface area contributed by atoms with Crippen LogP contribution >= 0.6 is 0 Å². The van der Waals surface area contributed by atoms with E-state index in [-0.39, 0.29) is 6.04 Å². The van der Waals surface area contributed by atoms with Gasteiger partial charge in [0.2, 0.25) is 0 Å². The molecule has 0 aliphatic carbocycles. The fourth-order valence-corrected chi connectivity index (χ4v) is 3.23. The zero-order valence-electron chi connectivity index (χ0n) is 15.0. The van der Waals surface area contributed by atoms with Crippen LogP contribution in [0.5, 0.6) is 0 Å². The molecular formula is C18H21N7O. The van der Waals surface area contributed by atoms with Crippen molar-refractivity contribution in [3.8, 4) is 0 Å². The molecule has 0 radical (unpaired) electrons. The van der Waals surface area contributed by atoms with Crippen molar-refractivity contribution in [2.24, 2.45) is 0 Å². The summed E-state index contributed by atoms with van der Waals surface area (Å²) in [6.07, 6.45) is 1.50. The number of anilines is 1. The number of nitrogens with one attached hydrogen (secondary N) is 1. The highest BCUT2D eigenvalue weighted by Crippen LogP contribution is 2.24. The van der Waals surface area contributed by atoms with Gasteiger partial charge in [-0.3, -0.25) is 0 Å². The Morgan fingerprint density at radius 3 is 2.88 bits per heavy atom. The Labute approximate surface area is 150 Å². The van der Waals surface area contributed by atoms with Gasteiger partial charge in [0.05, 0.1) is 29.4 Å². The minimum absolute atomic E-state index is 0.0208. The maximum atomic E-state index is 5.21. The second-order valence-corrected chi connectivity index (χ2v) is 6.11. The second-order valence-electron chi connectivity index (χ2n) is 6.11. The van der Waals surface area contributed by atoms with E-state index < -0.39 is 0 Å². The molecule has 0 unspecified atom stereocenters. The van der Waals surface area contributed by atoms with Crippen molar-refractivity contribution in [3.05, 3.63) is 48.2 Å². The average molecular weight is 351 g/mol. The summed E-state index contributed by atoms with van der Waals surface area (Å²) in [5.41, 5.74) is 2.93. The van der Waals surface area contributed by atoms with Crippen molar-refractivity contribution in [2.45, 2.75) is 33.0 Å². The molecule has 3 heterocycles. The number of benzene rings is 1. The SMILES string of the molecule is CCn1c([C@@H](C)Nc2cc(COC)nc3ncnn23)nc2ccccc21. The molecule has 0 bridgehead atoms. The van der Waals surface area contributed by atoms with Crippen LogP contribution < -0.4 is 5.32 Å². The number of ether oxygens (including phenoxy) is 1.